The van der Waals surface area contributed by atoms with Gasteiger partial charge in [0, 0.05) is 26.7 Å². The predicted octanol–water partition coefficient (Wildman–Crippen LogP) is 2.93. The van der Waals surface area contributed by atoms with Crippen molar-refractivity contribution in [1.82, 2.24) is 15.5 Å². The van der Waals surface area contributed by atoms with Gasteiger partial charge in [-0.2, -0.15) is 0 Å². The second kappa shape index (κ2) is 12.6. The number of nitrogens with zero attached hydrogens (tertiary/aromatic N) is 2. The first kappa shape index (κ1) is 26.0. The maximum Gasteiger partial charge on any atom is 0.308 e. The summed E-state index contributed by atoms with van der Waals surface area (Å²) in [4.78, 5) is 31.2. The molecule has 2 rings (SSSR count). The van der Waals surface area contributed by atoms with Gasteiger partial charge in [0.1, 0.15) is 0 Å². The largest absolute Gasteiger partial charge is 0.466 e. The Kier molecular flexibility index (Phi) is 11.3. The summed E-state index contributed by atoms with van der Waals surface area (Å²) in [6.45, 7) is 5.64. The zero-order chi connectivity index (χ0) is 20.6. The van der Waals surface area contributed by atoms with E-state index >= 15 is 0 Å². The lowest BCUT2D eigenvalue weighted by Gasteiger charge is -2.31. The van der Waals surface area contributed by atoms with E-state index in [1.807, 2.05) is 27.9 Å². The van der Waals surface area contributed by atoms with Crippen LogP contribution in [0.15, 0.2) is 4.99 Å². The number of esters is 1. The molecule has 0 unspecified atom stereocenters. The molecule has 7 nitrogen and oxygen atoms in total. The Hall–Kier alpha value is -1.06. The van der Waals surface area contributed by atoms with Crippen LogP contribution in [-0.4, -0.2) is 62.6 Å². The summed E-state index contributed by atoms with van der Waals surface area (Å²) < 4.78 is 5.15. The van der Waals surface area contributed by atoms with Gasteiger partial charge in [-0.1, -0.05) is 12.8 Å². The average molecular weight is 522 g/mol. The summed E-state index contributed by atoms with van der Waals surface area (Å²) in [7, 11) is 3.66. The standard InChI is InChI=1S/C21H38N4O3.HI/c1-5-22-20(23-15-21(13-7-8-14-21)19(27)25(3)4)24-17-11-9-16(10-12-17)18(26)28-6-2;/h16-17H,5-15H2,1-4H3,(H2,22,23,24);1H. The van der Waals surface area contributed by atoms with Crippen LogP contribution in [0.4, 0.5) is 0 Å². The van der Waals surface area contributed by atoms with Crippen molar-refractivity contribution < 1.29 is 14.3 Å². The molecule has 0 saturated heterocycles. The third-order valence-electron chi connectivity index (χ3n) is 5.99. The highest BCUT2D eigenvalue weighted by atomic mass is 127. The van der Waals surface area contributed by atoms with Crippen LogP contribution in [-0.2, 0) is 14.3 Å². The van der Waals surface area contributed by atoms with Crippen LogP contribution in [0.3, 0.4) is 0 Å². The molecular weight excluding hydrogens is 483 g/mol. The van der Waals surface area contributed by atoms with Gasteiger partial charge in [-0.15, -0.1) is 24.0 Å². The number of rotatable bonds is 7. The van der Waals surface area contributed by atoms with E-state index in [1.165, 1.54) is 0 Å². The molecule has 0 aromatic carbocycles. The number of aliphatic imine (C=N–C) groups is 1. The molecular formula is C21H39IN4O3. The van der Waals surface area contributed by atoms with Crippen molar-refractivity contribution in [1.29, 1.82) is 0 Å². The Morgan fingerprint density at radius 2 is 1.72 bits per heavy atom. The van der Waals surface area contributed by atoms with Crippen molar-refractivity contribution in [2.75, 3.05) is 33.8 Å². The Labute approximate surface area is 192 Å². The summed E-state index contributed by atoms with van der Waals surface area (Å²) in [6, 6.07) is 0.299. The van der Waals surface area contributed by atoms with Crippen LogP contribution in [0.25, 0.3) is 0 Å². The summed E-state index contributed by atoms with van der Waals surface area (Å²) in [5.74, 6) is 0.934. The zero-order valence-corrected chi connectivity index (χ0v) is 20.8. The fourth-order valence-electron chi connectivity index (χ4n) is 4.44. The van der Waals surface area contributed by atoms with Gasteiger partial charge in [-0.3, -0.25) is 14.6 Å². The van der Waals surface area contributed by atoms with Crippen molar-refractivity contribution in [3.05, 3.63) is 0 Å². The minimum absolute atomic E-state index is 0. The molecule has 2 fully saturated rings. The van der Waals surface area contributed by atoms with E-state index in [9.17, 15) is 9.59 Å². The van der Waals surface area contributed by atoms with E-state index in [1.54, 1.807) is 4.90 Å². The van der Waals surface area contributed by atoms with E-state index in [0.717, 1.165) is 63.9 Å². The van der Waals surface area contributed by atoms with Crippen LogP contribution >= 0.6 is 24.0 Å². The fraction of sp³-hybridized carbons (Fsp3) is 0.857. The fourth-order valence-corrected chi connectivity index (χ4v) is 4.44. The molecule has 0 spiro atoms. The van der Waals surface area contributed by atoms with Crippen LogP contribution in [0.2, 0.25) is 0 Å². The van der Waals surface area contributed by atoms with Crippen LogP contribution in [0.5, 0.6) is 0 Å². The average Bonchev–Trinajstić information content (AvgIpc) is 3.16. The smallest absolute Gasteiger partial charge is 0.308 e. The third kappa shape index (κ3) is 7.29. The van der Waals surface area contributed by atoms with Gasteiger partial charge >= 0.3 is 5.97 Å². The molecule has 8 heteroatoms. The second-order valence-electron chi connectivity index (χ2n) is 8.33. The van der Waals surface area contributed by atoms with Gasteiger partial charge in [0.15, 0.2) is 5.96 Å². The number of ether oxygens (including phenoxy) is 1. The van der Waals surface area contributed by atoms with Crippen molar-refractivity contribution in [2.45, 2.75) is 71.3 Å². The minimum atomic E-state index is -0.354. The number of nitrogens with one attached hydrogen (secondary N) is 2. The maximum absolute atomic E-state index is 12.8. The lowest BCUT2D eigenvalue weighted by atomic mass is 9.84. The molecule has 0 atom stereocenters. The van der Waals surface area contributed by atoms with Crippen molar-refractivity contribution in [3.8, 4) is 0 Å². The molecule has 0 radical (unpaired) electrons. The normalized spacial score (nSPS) is 23.7. The van der Waals surface area contributed by atoms with Crippen LogP contribution in [0.1, 0.15) is 65.2 Å². The number of hydrogen-bond donors (Lipinski definition) is 2. The first-order chi connectivity index (χ1) is 13.4. The summed E-state index contributed by atoms with van der Waals surface area (Å²) in [5.41, 5.74) is -0.354. The Balaban J connectivity index is 0.00000420. The lowest BCUT2D eigenvalue weighted by molar-refractivity contribution is -0.149. The highest BCUT2D eigenvalue weighted by Crippen LogP contribution is 2.39. The molecule has 2 aliphatic carbocycles. The number of hydrogen-bond acceptors (Lipinski definition) is 4. The van der Waals surface area contributed by atoms with Crippen molar-refractivity contribution in [2.24, 2.45) is 16.3 Å². The third-order valence-corrected chi connectivity index (χ3v) is 5.99. The first-order valence-corrected chi connectivity index (χ1v) is 10.8. The van der Waals surface area contributed by atoms with Crippen molar-refractivity contribution >= 4 is 41.8 Å². The molecule has 0 bridgehead atoms. The van der Waals surface area contributed by atoms with E-state index in [2.05, 4.69) is 10.6 Å². The highest BCUT2D eigenvalue weighted by Gasteiger charge is 2.42. The summed E-state index contributed by atoms with van der Waals surface area (Å²) in [6.07, 6.45) is 7.56. The van der Waals surface area contributed by atoms with Gasteiger partial charge in [-0.05, 0) is 52.4 Å². The number of amides is 1. The zero-order valence-electron chi connectivity index (χ0n) is 18.5. The topological polar surface area (TPSA) is 83.0 Å². The lowest BCUT2D eigenvalue weighted by Crippen LogP contribution is -2.47. The van der Waals surface area contributed by atoms with Crippen molar-refractivity contribution in [3.63, 3.8) is 0 Å². The molecule has 0 aromatic rings. The van der Waals surface area contributed by atoms with Gasteiger partial charge in [0.25, 0.3) is 0 Å². The molecule has 0 aliphatic heterocycles. The molecule has 0 heterocycles. The van der Waals surface area contributed by atoms with Crippen LogP contribution in [0, 0.1) is 11.3 Å². The second-order valence-corrected chi connectivity index (χ2v) is 8.33. The number of carbonyl (C=O) groups is 2. The molecule has 29 heavy (non-hydrogen) atoms. The van der Waals surface area contributed by atoms with Gasteiger partial charge in [0.2, 0.25) is 5.91 Å². The number of guanidine groups is 1. The number of halogens is 1. The van der Waals surface area contributed by atoms with Gasteiger partial charge in [0.05, 0.1) is 24.5 Å². The molecule has 0 aromatic heterocycles. The number of carbonyl (C=O) groups excluding carboxylic acids is 2. The van der Waals surface area contributed by atoms with Crippen LogP contribution < -0.4 is 10.6 Å². The summed E-state index contributed by atoms with van der Waals surface area (Å²) in [5, 5.41) is 6.84. The van der Waals surface area contributed by atoms with E-state index in [-0.39, 0.29) is 47.2 Å². The molecule has 2 aliphatic rings. The highest BCUT2D eigenvalue weighted by molar-refractivity contribution is 14.0. The van der Waals surface area contributed by atoms with E-state index in [0.29, 0.717) is 19.2 Å². The minimum Gasteiger partial charge on any atom is -0.466 e. The quantitative estimate of drug-likeness (QED) is 0.233. The molecule has 2 saturated carbocycles. The molecule has 2 N–H and O–H groups in total. The summed E-state index contributed by atoms with van der Waals surface area (Å²) >= 11 is 0. The van der Waals surface area contributed by atoms with E-state index in [4.69, 9.17) is 9.73 Å². The predicted molar refractivity (Wildman–Crippen MR) is 127 cm³/mol. The molecule has 1 amide bonds. The Morgan fingerprint density at radius 1 is 1.10 bits per heavy atom. The Morgan fingerprint density at radius 3 is 2.24 bits per heavy atom. The SMILES string of the molecule is CCNC(=NCC1(C(=O)N(C)C)CCCC1)NC1CCC(C(=O)OCC)CC1.I. The van der Waals surface area contributed by atoms with Gasteiger partial charge in [-0.25, -0.2) is 0 Å². The van der Waals surface area contributed by atoms with E-state index < -0.39 is 0 Å². The van der Waals surface area contributed by atoms with Gasteiger partial charge < -0.3 is 20.3 Å². The molecule has 168 valence electrons. The Bertz CT molecular complexity index is 554. The first-order valence-electron chi connectivity index (χ1n) is 10.8. The maximum atomic E-state index is 12.8. The monoisotopic (exact) mass is 522 g/mol.